The van der Waals surface area contributed by atoms with Crippen LogP contribution in [-0.2, 0) is 4.79 Å². The van der Waals surface area contributed by atoms with Crippen molar-refractivity contribution in [3.05, 3.63) is 11.8 Å². The summed E-state index contributed by atoms with van der Waals surface area (Å²) in [6, 6.07) is 0. The largest absolute Gasteiger partial charge is 0.507 e. The van der Waals surface area contributed by atoms with E-state index in [0.717, 1.165) is 6.08 Å². The number of hydrogen-bond donors (Lipinski definition) is 3. The third-order valence-corrected chi connectivity index (χ3v) is 1.34. The molecular weight excluding hydrogens is 148 g/mol. The maximum Gasteiger partial charge on any atom is 0.283 e. The molecule has 64 valence electrons. The van der Waals surface area contributed by atoms with Crippen molar-refractivity contribution in [2.75, 3.05) is 0 Å². The minimum Gasteiger partial charge on any atom is -0.507 e. The number of allylic oxidation sites excluding steroid dienone is 1. The van der Waals surface area contributed by atoms with Crippen LogP contribution in [0.2, 0.25) is 0 Å². The first-order valence-corrected chi connectivity index (χ1v) is 3.30. The highest BCUT2D eigenvalue weighted by Crippen LogP contribution is 2.13. The molecule has 0 aromatic carbocycles. The van der Waals surface area contributed by atoms with Gasteiger partial charge in [0.05, 0.1) is 0 Å². The number of carbonyl (C=O) groups excluding carboxylic acids is 1. The van der Waals surface area contributed by atoms with Crippen LogP contribution in [0.3, 0.4) is 0 Å². The zero-order valence-corrected chi connectivity index (χ0v) is 6.53. The number of hydrogen-bond acceptors (Lipinski definition) is 4. The smallest absolute Gasteiger partial charge is 0.283 e. The molecule has 0 aromatic heterocycles. The van der Waals surface area contributed by atoms with E-state index in [9.17, 15) is 4.79 Å². The average Bonchev–Trinajstić information content (AvgIpc) is 2.01. The van der Waals surface area contributed by atoms with Crippen LogP contribution in [-0.4, -0.2) is 26.9 Å². The highest BCUT2D eigenvalue weighted by atomic mass is 16.5. The summed E-state index contributed by atoms with van der Waals surface area (Å²) >= 11 is 0. The number of ketones is 1. The molecule has 4 heteroatoms. The van der Waals surface area contributed by atoms with Gasteiger partial charge in [-0.25, -0.2) is 0 Å². The van der Waals surface area contributed by atoms with Gasteiger partial charge in [0, 0.05) is 6.42 Å². The second-order valence-corrected chi connectivity index (χ2v) is 2.12. The Kier molecular flexibility index (Phi) is 3.22. The first kappa shape index (κ1) is 10.1. The van der Waals surface area contributed by atoms with Gasteiger partial charge in [-0.1, -0.05) is 6.92 Å². The van der Waals surface area contributed by atoms with Crippen LogP contribution in [0.5, 0.6) is 0 Å². The minimum absolute atomic E-state index is 0.0368. The van der Waals surface area contributed by atoms with E-state index >= 15 is 0 Å². The van der Waals surface area contributed by atoms with E-state index in [1.54, 1.807) is 0 Å². The molecule has 0 bridgehead atoms. The maximum atomic E-state index is 10.7. The molecule has 0 rings (SSSR count). The predicted octanol–water partition coefficient (Wildman–Crippen LogP) is 0.108. The summed E-state index contributed by atoms with van der Waals surface area (Å²) in [5.41, 5.74) is 0. The van der Waals surface area contributed by atoms with E-state index < -0.39 is 17.3 Å². The highest BCUT2D eigenvalue weighted by molar-refractivity contribution is 5.87. The van der Waals surface area contributed by atoms with Gasteiger partial charge in [0.25, 0.3) is 5.79 Å². The quantitative estimate of drug-likeness (QED) is 0.404. The average molecular weight is 160 g/mol. The lowest BCUT2D eigenvalue weighted by Gasteiger charge is -2.17. The lowest BCUT2D eigenvalue weighted by molar-refractivity contribution is -0.177. The standard InChI is InChI=1S/C7H12O4/c1-3-5(8)7(10,11)6(9)4-2/h3,8,10-11H,4H2,1-2H3/b5-3-. The molecule has 0 saturated heterocycles. The molecule has 0 aromatic rings. The van der Waals surface area contributed by atoms with Crippen LogP contribution >= 0.6 is 0 Å². The van der Waals surface area contributed by atoms with Gasteiger partial charge in [0.2, 0.25) is 0 Å². The normalized spacial score (nSPS) is 13.3. The Morgan fingerprint density at radius 2 is 2.00 bits per heavy atom. The molecule has 0 unspecified atom stereocenters. The summed E-state index contributed by atoms with van der Waals surface area (Å²) in [5.74, 6) is -4.26. The number of Topliss-reactive ketones (excluding diaryl/α,β-unsaturated/α-hetero) is 1. The molecule has 0 aliphatic heterocycles. The van der Waals surface area contributed by atoms with Crippen molar-refractivity contribution < 1.29 is 20.1 Å². The Hall–Kier alpha value is -0.870. The van der Waals surface area contributed by atoms with Crippen LogP contribution < -0.4 is 0 Å². The summed E-state index contributed by atoms with van der Waals surface area (Å²) in [6.45, 7) is 2.88. The van der Waals surface area contributed by atoms with Crippen molar-refractivity contribution in [3.8, 4) is 0 Å². The monoisotopic (exact) mass is 160 g/mol. The van der Waals surface area contributed by atoms with Crippen LogP contribution in [0.15, 0.2) is 11.8 Å². The van der Waals surface area contributed by atoms with E-state index in [4.69, 9.17) is 15.3 Å². The van der Waals surface area contributed by atoms with E-state index in [2.05, 4.69) is 0 Å². The van der Waals surface area contributed by atoms with E-state index in [0.29, 0.717) is 0 Å². The van der Waals surface area contributed by atoms with Crippen molar-refractivity contribution >= 4 is 5.78 Å². The molecule has 3 N–H and O–H groups in total. The molecule has 0 saturated carbocycles. The Labute approximate surface area is 64.8 Å². The first-order chi connectivity index (χ1) is 4.96. The summed E-state index contributed by atoms with van der Waals surface area (Å²) < 4.78 is 0. The number of carbonyl (C=O) groups is 1. The van der Waals surface area contributed by atoms with Gasteiger partial charge in [-0.2, -0.15) is 0 Å². The zero-order chi connectivity index (χ0) is 9.07. The Morgan fingerprint density at radius 3 is 2.27 bits per heavy atom. The van der Waals surface area contributed by atoms with Crippen molar-refractivity contribution in [1.29, 1.82) is 0 Å². The highest BCUT2D eigenvalue weighted by Gasteiger charge is 2.35. The minimum atomic E-state index is -2.70. The number of aliphatic hydroxyl groups is 3. The third kappa shape index (κ3) is 2.03. The molecule has 0 aliphatic carbocycles. The lowest BCUT2D eigenvalue weighted by atomic mass is 10.1. The van der Waals surface area contributed by atoms with Gasteiger partial charge < -0.3 is 15.3 Å². The number of rotatable bonds is 3. The molecule has 0 aliphatic rings. The van der Waals surface area contributed by atoms with Crippen LogP contribution in [0.4, 0.5) is 0 Å². The fourth-order valence-corrected chi connectivity index (χ4v) is 0.591. The summed E-state index contributed by atoms with van der Waals surface area (Å²) in [5, 5.41) is 26.7. The zero-order valence-electron chi connectivity index (χ0n) is 6.53. The molecule has 0 spiro atoms. The molecule has 0 radical (unpaired) electrons. The van der Waals surface area contributed by atoms with Gasteiger partial charge >= 0.3 is 0 Å². The van der Waals surface area contributed by atoms with E-state index in [1.807, 2.05) is 0 Å². The molecule has 0 fully saturated rings. The van der Waals surface area contributed by atoms with Crippen molar-refractivity contribution in [1.82, 2.24) is 0 Å². The Bertz CT molecular complexity index is 181. The molecule has 0 heterocycles. The number of aliphatic hydroxyl groups excluding tert-OH is 1. The molecule has 11 heavy (non-hydrogen) atoms. The maximum absolute atomic E-state index is 10.7. The van der Waals surface area contributed by atoms with E-state index in [1.165, 1.54) is 13.8 Å². The van der Waals surface area contributed by atoms with Crippen LogP contribution in [0.1, 0.15) is 20.3 Å². The molecular formula is C7H12O4. The van der Waals surface area contributed by atoms with Crippen LogP contribution in [0.25, 0.3) is 0 Å². The van der Waals surface area contributed by atoms with Gasteiger partial charge in [-0.05, 0) is 13.0 Å². The van der Waals surface area contributed by atoms with Crippen molar-refractivity contribution in [3.63, 3.8) is 0 Å². The third-order valence-electron chi connectivity index (χ3n) is 1.34. The van der Waals surface area contributed by atoms with Gasteiger partial charge in [-0.15, -0.1) is 0 Å². The van der Waals surface area contributed by atoms with Crippen molar-refractivity contribution in [2.24, 2.45) is 0 Å². The predicted molar refractivity (Wildman–Crippen MR) is 38.9 cm³/mol. The molecule has 4 nitrogen and oxygen atoms in total. The summed E-state index contributed by atoms with van der Waals surface area (Å²) in [4.78, 5) is 10.7. The second kappa shape index (κ2) is 3.50. The van der Waals surface area contributed by atoms with Crippen LogP contribution in [0, 0.1) is 0 Å². The summed E-state index contributed by atoms with van der Waals surface area (Å²) in [6.07, 6.45) is 1.03. The fraction of sp³-hybridized carbons (Fsp3) is 0.571. The Balaban J connectivity index is 4.58. The first-order valence-electron chi connectivity index (χ1n) is 3.30. The molecule has 0 atom stereocenters. The summed E-state index contributed by atoms with van der Waals surface area (Å²) in [7, 11) is 0. The van der Waals surface area contributed by atoms with Gasteiger partial charge in [-0.3, -0.25) is 4.79 Å². The van der Waals surface area contributed by atoms with Crippen molar-refractivity contribution in [2.45, 2.75) is 26.1 Å². The lowest BCUT2D eigenvalue weighted by Crippen LogP contribution is -2.39. The fourth-order valence-electron chi connectivity index (χ4n) is 0.591. The van der Waals surface area contributed by atoms with Gasteiger partial charge in [0.15, 0.2) is 11.5 Å². The second-order valence-electron chi connectivity index (χ2n) is 2.12. The van der Waals surface area contributed by atoms with E-state index in [-0.39, 0.29) is 6.42 Å². The SMILES string of the molecule is C/C=C(\O)C(O)(O)C(=O)CC. The molecule has 0 amide bonds. The topological polar surface area (TPSA) is 77.8 Å². The Morgan fingerprint density at radius 1 is 1.55 bits per heavy atom. The van der Waals surface area contributed by atoms with Gasteiger partial charge in [0.1, 0.15) is 0 Å².